The van der Waals surface area contributed by atoms with Crippen molar-refractivity contribution in [2.45, 2.75) is 22.9 Å². The Bertz CT molecular complexity index is 1070. The van der Waals surface area contributed by atoms with Crippen LogP contribution in [0.4, 0.5) is 13.2 Å². The fraction of sp³-hybridized carbons (Fsp3) is 0.125. The molecule has 0 aliphatic carbocycles. The molecule has 28 heavy (non-hydrogen) atoms. The number of rotatable bonds is 5. The lowest BCUT2D eigenvalue weighted by Gasteiger charge is -2.10. The second kappa shape index (κ2) is 7.64. The molecule has 0 bridgehead atoms. The van der Waals surface area contributed by atoms with E-state index in [2.05, 4.69) is 30.5 Å². The molecule has 0 fully saturated rings. The van der Waals surface area contributed by atoms with Gasteiger partial charge >= 0.3 is 6.18 Å². The van der Waals surface area contributed by atoms with E-state index in [9.17, 15) is 13.2 Å². The van der Waals surface area contributed by atoms with Crippen molar-refractivity contribution in [3.63, 3.8) is 0 Å². The average molecular weight is 421 g/mol. The Morgan fingerprint density at radius 1 is 1.11 bits per heavy atom. The molecule has 0 spiro atoms. The Balaban J connectivity index is 1.69. The summed E-state index contributed by atoms with van der Waals surface area (Å²) in [6, 6.07) is 9.56. The van der Waals surface area contributed by atoms with Gasteiger partial charge < -0.3 is 0 Å². The maximum absolute atomic E-state index is 13.3. The highest BCUT2D eigenvalue weighted by Crippen LogP contribution is 2.33. The molecule has 0 aliphatic rings. The predicted octanol–water partition coefficient (Wildman–Crippen LogP) is 3.80. The van der Waals surface area contributed by atoms with Crippen molar-refractivity contribution in [2.24, 2.45) is 0 Å². The van der Waals surface area contributed by atoms with Crippen molar-refractivity contribution in [1.29, 1.82) is 0 Å². The van der Waals surface area contributed by atoms with Gasteiger partial charge in [-0.3, -0.25) is 4.98 Å². The monoisotopic (exact) mass is 421 g/mol. The smallest absolute Gasteiger partial charge is 0.253 e. The maximum Gasteiger partial charge on any atom is 0.433 e. The molecule has 0 aliphatic heterocycles. The van der Waals surface area contributed by atoms with E-state index in [0.29, 0.717) is 11.7 Å². The zero-order chi connectivity index (χ0) is 19.6. The highest BCUT2D eigenvalue weighted by molar-refractivity contribution is 7.99. The molecule has 4 aromatic rings. The quantitative estimate of drug-likeness (QED) is 0.453. The van der Waals surface area contributed by atoms with E-state index in [4.69, 9.17) is 0 Å². The van der Waals surface area contributed by atoms with Crippen LogP contribution < -0.4 is 0 Å². The summed E-state index contributed by atoms with van der Waals surface area (Å²) in [6.07, 6.45) is -3.15. The number of hydrogen-bond donors (Lipinski definition) is 0. The second-order valence-electron chi connectivity index (χ2n) is 5.43. The number of tetrazole rings is 1. The van der Waals surface area contributed by atoms with Crippen LogP contribution >= 0.6 is 23.1 Å². The highest BCUT2D eigenvalue weighted by atomic mass is 32.2. The summed E-state index contributed by atoms with van der Waals surface area (Å²) < 4.78 is 41.4. The molecule has 12 heteroatoms. The molecule has 4 aromatic heterocycles. The summed E-state index contributed by atoms with van der Waals surface area (Å²) in [4.78, 5) is 12.9. The fourth-order valence-electron chi connectivity index (χ4n) is 2.24. The van der Waals surface area contributed by atoms with Crippen LogP contribution in [0.25, 0.3) is 11.5 Å². The van der Waals surface area contributed by atoms with Gasteiger partial charge in [-0.15, -0.1) is 16.4 Å². The van der Waals surface area contributed by atoms with E-state index < -0.39 is 11.9 Å². The molecule has 7 nitrogen and oxygen atoms in total. The third kappa shape index (κ3) is 4.17. The summed E-state index contributed by atoms with van der Waals surface area (Å²) in [5, 5.41) is 13.7. The van der Waals surface area contributed by atoms with Gasteiger partial charge in [0.15, 0.2) is 5.82 Å². The van der Waals surface area contributed by atoms with E-state index in [1.807, 2.05) is 17.5 Å². The van der Waals surface area contributed by atoms with Crippen LogP contribution in [0.2, 0.25) is 0 Å². The summed E-state index contributed by atoms with van der Waals surface area (Å²) >= 11 is 2.47. The summed E-state index contributed by atoms with van der Waals surface area (Å²) in [5.41, 5.74) is -0.809. The number of nitrogens with zero attached hydrogens (tertiary/aromatic N) is 7. The standard InChI is InChI=1S/C16H10F3N7S2/c17-16(18,19)12-8-13(22-14(21-12)11-5-1-2-6-20-11)28-15-23-24-25-26(15)9-10-4-3-7-27-10/h1-8H,9H2. The van der Waals surface area contributed by atoms with Gasteiger partial charge in [0.05, 0.1) is 6.54 Å². The van der Waals surface area contributed by atoms with E-state index in [0.717, 1.165) is 22.7 Å². The summed E-state index contributed by atoms with van der Waals surface area (Å²) in [7, 11) is 0. The minimum Gasteiger partial charge on any atom is -0.253 e. The number of alkyl halides is 3. The van der Waals surface area contributed by atoms with Gasteiger partial charge in [-0.05, 0) is 45.8 Å². The molecule has 0 N–H and O–H groups in total. The highest BCUT2D eigenvalue weighted by Gasteiger charge is 2.34. The molecular formula is C16H10F3N7S2. The average Bonchev–Trinajstić information content (AvgIpc) is 3.34. The van der Waals surface area contributed by atoms with Crippen molar-refractivity contribution in [3.05, 3.63) is 58.5 Å². The van der Waals surface area contributed by atoms with Gasteiger partial charge in [-0.1, -0.05) is 12.1 Å². The van der Waals surface area contributed by atoms with Crippen LogP contribution in [0.15, 0.2) is 58.2 Å². The van der Waals surface area contributed by atoms with Crippen LogP contribution in [0.3, 0.4) is 0 Å². The third-order valence-corrected chi connectivity index (χ3v) is 5.22. The van der Waals surface area contributed by atoms with Crippen molar-refractivity contribution in [1.82, 2.24) is 35.2 Å². The van der Waals surface area contributed by atoms with Crippen molar-refractivity contribution < 1.29 is 13.2 Å². The number of hydrogen-bond acceptors (Lipinski definition) is 8. The molecule has 0 radical (unpaired) electrons. The zero-order valence-electron chi connectivity index (χ0n) is 13.9. The van der Waals surface area contributed by atoms with Gasteiger partial charge in [0.25, 0.3) is 0 Å². The normalized spacial score (nSPS) is 11.7. The van der Waals surface area contributed by atoms with Crippen LogP contribution in [0, 0.1) is 0 Å². The van der Waals surface area contributed by atoms with E-state index in [1.165, 1.54) is 22.2 Å². The topological polar surface area (TPSA) is 82.3 Å². The van der Waals surface area contributed by atoms with Gasteiger partial charge in [0.2, 0.25) is 5.16 Å². The molecular weight excluding hydrogens is 411 g/mol. The first-order chi connectivity index (χ1) is 13.5. The first kappa shape index (κ1) is 18.5. The molecule has 4 heterocycles. The van der Waals surface area contributed by atoms with Gasteiger partial charge in [-0.2, -0.15) is 13.2 Å². The second-order valence-corrected chi connectivity index (χ2v) is 7.45. The molecule has 0 saturated heterocycles. The summed E-state index contributed by atoms with van der Waals surface area (Å²) in [6.45, 7) is 0.414. The van der Waals surface area contributed by atoms with E-state index in [1.54, 1.807) is 18.2 Å². The van der Waals surface area contributed by atoms with E-state index in [-0.39, 0.29) is 16.5 Å². The Morgan fingerprint density at radius 2 is 2.00 bits per heavy atom. The Labute approximate surface area is 164 Å². The molecule has 0 amide bonds. The number of pyridine rings is 1. The lowest BCUT2D eigenvalue weighted by molar-refractivity contribution is -0.141. The Hall–Kier alpha value is -2.86. The van der Waals surface area contributed by atoms with E-state index >= 15 is 0 Å². The predicted molar refractivity (Wildman–Crippen MR) is 95.6 cm³/mol. The molecule has 0 atom stereocenters. The zero-order valence-corrected chi connectivity index (χ0v) is 15.5. The lowest BCUT2D eigenvalue weighted by atomic mass is 10.3. The van der Waals surface area contributed by atoms with Gasteiger partial charge in [0.1, 0.15) is 16.4 Å². The first-order valence-electron chi connectivity index (χ1n) is 7.83. The van der Waals surface area contributed by atoms with Gasteiger partial charge in [0, 0.05) is 17.1 Å². The molecule has 0 aromatic carbocycles. The van der Waals surface area contributed by atoms with Crippen LogP contribution in [0.5, 0.6) is 0 Å². The van der Waals surface area contributed by atoms with Crippen LogP contribution in [-0.2, 0) is 12.7 Å². The number of aromatic nitrogens is 7. The van der Waals surface area contributed by atoms with Crippen LogP contribution in [0.1, 0.15) is 10.6 Å². The third-order valence-electron chi connectivity index (χ3n) is 3.47. The van der Waals surface area contributed by atoms with Crippen molar-refractivity contribution >= 4 is 23.1 Å². The maximum atomic E-state index is 13.3. The minimum absolute atomic E-state index is 0.0743. The first-order valence-corrected chi connectivity index (χ1v) is 9.53. The number of thiophene rings is 1. The van der Waals surface area contributed by atoms with Crippen molar-refractivity contribution in [3.8, 4) is 11.5 Å². The fourth-order valence-corrected chi connectivity index (χ4v) is 3.70. The van der Waals surface area contributed by atoms with Gasteiger partial charge in [-0.25, -0.2) is 14.6 Å². The molecule has 4 rings (SSSR count). The Morgan fingerprint density at radius 3 is 2.71 bits per heavy atom. The lowest BCUT2D eigenvalue weighted by Crippen LogP contribution is -2.10. The largest absolute Gasteiger partial charge is 0.433 e. The molecule has 142 valence electrons. The molecule has 0 unspecified atom stereocenters. The van der Waals surface area contributed by atoms with Crippen molar-refractivity contribution in [2.75, 3.05) is 0 Å². The SMILES string of the molecule is FC(F)(F)c1cc(Sc2nnnn2Cc2cccs2)nc(-c2ccccn2)n1. The van der Waals surface area contributed by atoms with Crippen LogP contribution in [-0.4, -0.2) is 35.2 Å². The molecule has 0 saturated carbocycles. The minimum atomic E-state index is -4.62. The Kier molecular flexibility index (Phi) is 5.05. The number of halogens is 3. The summed E-state index contributed by atoms with van der Waals surface area (Å²) in [5.74, 6) is -0.116.